The molecule has 0 radical (unpaired) electrons. The van der Waals surface area contributed by atoms with Crippen LogP contribution in [0.15, 0.2) is 33.3 Å². The number of hydrogen-bond acceptors (Lipinski definition) is 4. The van der Waals surface area contributed by atoms with Crippen molar-refractivity contribution in [3.63, 3.8) is 0 Å². The third-order valence-corrected chi connectivity index (χ3v) is 2.13. The summed E-state index contributed by atoms with van der Waals surface area (Å²) in [5, 5.41) is 11.8. The van der Waals surface area contributed by atoms with E-state index >= 15 is 0 Å². The Hall–Kier alpha value is -2.17. The maximum Gasteiger partial charge on any atom is 0.372 e. The highest BCUT2D eigenvalue weighted by molar-refractivity contribution is 5.86. The van der Waals surface area contributed by atoms with Gasteiger partial charge in [-0.15, -0.1) is 0 Å². The quantitative estimate of drug-likeness (QED) is 0.829. The SMILES string of the molecule is Cc1ccc(NCc2ccoc2C(=O)O)o1. The van der Waals surface area contributed by atoms with Gasteiger partial charge in [0, 0.05) is 18.2 Å². The van der Waals surface area contributed by atoms with Gasteiger partial charge in [-0.3, -0.25) is 0 Å². The van der Waals surface area contributed by atoms with Crippen LogP contribution in [0.2, 0.25) is 0 Å². The molecule has 0 saturated heterocycles. The molecule has 2 rings (SSSR count). The minimum absolute atomic E-state index is 0.0456. The Morgan fingerprint density at radius 2 is 2.25 bits per heavy atom. The summed E-state index contributed by atoms with van der Waals surface area (Å²) in [6.45, 7) is 2.19. The number of aryl methyl sites for hydroxylation is 1. The highest BCUT2D eigenvalue weighted by Crippen LogP contribution is 2.16. The Morgan fingerprint density at radius 3 is 2.88 bits per heavy atom. The molecule has 0 aromatic carbocycles. The first-order valence-electron chi connectivity index (χ1n) is 4.77. The molecule has 0 amide bonds. The van der Waals surface area contributed by atoms with E-state index in [-0.39, 0.29) is 5.76 Å². The van der Waals surface area contributed by atoms with E-state index in [1.54, 1.807) is 12.1 Å². The van der Waals surface area contributed by atoms with Crippen LogP contribution in [0.5, 0.6) is 0 Å². The van der Waals surface area contributed by atoms with Crippen molar-refractivity contribution >= 4 is 11.9 Å². The van der Waals surface area contributed by atoms with Crippen LogP contribution in [0.1, 0.15) is 21.9 Å². The smallest absolute Gasteiger partial charge is 0.372 e. The van der Waals surface area contributed by atoms with E-state index in [9.17, 15) is 4.79 Å². The van der Waals surface area contributed by atoms with E-state index in [2.05, 4.69) is 5.32 Å². The summed E-state index contributed by atoms with van der Waals surface area (Å²) >= 11 is 0. The predicted molar refractivity (Wildman–Crippen MR) is 56.4 cm³/mol. The van der Waals surface area contributed by atoms with Gasteiger partial charge < -0.3 is 19.3 Å². The predicted octanol–water partition coefficient (Wildman–Crippen LogP) is 2.49. The first kappa shape index (κ1) is 10.4. The van der Waals surface area contributed by atoms with Crippen LogP contribution in [0.4, 0.5) is 5.88 Å². The van der Waals surface area contributed by atoms with Crippen molar-refractivity contribution in [2.75, 3.05) is 5.32 Å². The van der Waals surface area contributed by atoms with Crippen LogP contribution in [0.25, 0.3) is 0 Å². The average molecular weight is 221 g/mol. The summed E-state index contributed by atoms with van der Waals surface area (Å²) < 4.78 is 10.1. The molecule has 84 valence electrons. The molecule has 0 atom stereocenters. The van der Waals surface area contributed by atoms with E-state index in [1.807, 2.05) is 13.0 Å². The largest absolute Gasteiger partial charge is 0.475 e. The van der Waals surface area contributed by atoms with E-state index in [0.717, 1.165) is 5.76 Å². The molecular weight excluding hydrogens is 210 g/mol. The highest BCUT2D eigenvalue weighted by atomic mass is 16.4. The van der Waals surface area contributed by atoms with Crippen LogP contribution < -0.4 is 5.32 Å². The average Bonchev–Trinajstić information content (AvgIpc) is 2.83. The summed E-state index contributed by atoms with van der Waals surface area (Å²) in [5.41, 5.74) is 0.585. The minimum atomic E-state index is -1.07. The molecule has 0 fully saturated rings. The van der Waals surface area contributed by atoms with Gasteiger partial charge in [-0.25, -0.2) is 4.79 Å². The van der Waals surface area contributed by atoms with E-state index in [1.165, 1.54) is 6.26 Å². The molecule has 5 nitrogen and oxygen atoms in total. The summed E-state index contributed by atoms with van der Waals surface area (Å²) in [5.74, 6) is 0.288. The molecule has 0 aliphatic rings. The fourth-order valence-corrected chi connectivity index (χ4v) is 1.37. The van der Waals surface area contributed by atoms with Gasteiger partial charge in [0.25, 0.3) is 0 Å². The molecule has 2 N–H and O–H groups in total. The summed E-state index contributed by atoms with van der Waals surface area (Å²) in [4.78, 5) is 10.8. The van der Waals surface area contributed by atoms with E-state index < -0.39 is 5.97 Å². The third-order valence-electron chi connectivity index (χ3n) is 2.13. The number of anilines is 1. The Kier molecular flexibility index (Phi) is 2.68. The topological polar surface area (TPSA) is 75.6 Å². The maximum atomic E-state index is 10.8. The lowest BCUT2D eigenvalue weighted by atomic mass is 10.2. The normalized spacial score (nSPS) is 10.3. The van der Waals surface area contributed by atoms with Crippen LogP contribution in [-0.2, 0) is 6.54 Å². The second-order valence-corrected chi connectivity index (χ2v) is 3.34. The number of nitrogens with one attached hydrogen (secondary N) is 1. The third kappa shape index (κ3) is 2.08. The zero-order valence-electron chi connectivity index (χ0n) is 8.69. The van der Waals surface area contributed by atoms with Gasteiger partial charge in [-0.1, -0.05) is 0 Å². The number of rotatable bonds is 4. The van der Waals surface area contributed by atoms with Crippen molar-refractivity contribution in [3.05, 3.63) is 41.5 Å². The summed E-state index contributed by atoms with van der Waals surface area (Å²) in [6.07, 6.45) is 1.36. The molecule has 0 aliphatic carbocycles. The molecular formula is C11H11NO4. The van der Waals surface area contributed by atoms with Crippen molar-refractivity contribution in [2.45, 2.75) is 13.5 Å². The Bertz CT molecular complexity index is 498. The van der Waals surface area contributed by atoms with E-state index in [0.29, 0.717) is 18.0 Å². The van der Waals surface area contributed by atoms with Crippen LogP contribution in [0, 0.1) is 6.92 Å². The molecule has 2 aromatic rings. The van der Waals surface area contributed by atoms with Gasteiger partial charge in [-0.2, -0.15) is 0 Å². The number of furan rings is 2. The van der Waals surface area contributed by atoms with E-state index in [4.69, 9.17) is 13.9 Å². The standard InChI is InChI=1S/C11H11NO4/c1-7-2-3-9(16-7)12-6-8-4-5-15-10(8)11(13)14/h2-5,12H,6H2,1H3,(H,13,14). The Labute approximate surface area is 91.7 Å². The lowest BCUT2D eigenvalue weighted by molar-refractivity contribution is 0.0661. The van der Waals surface area contributed by atoms with Crippen LogP contribution in [0.3, 0.4) is 0 Å². The van der Waals surface area contributed by atoms with Crippen molar-refractivity contribution < 1.29 is 18.7 Å². The number of carbonyl (C=O) groups is 1. The first-order chi connectivity index (χ1) is 7.66. The lowest BCUT2D eigenvalue weighted by Crippen LogP contribution is -2.04. The molecule has 16 heavy (non-hydrogen) atoms. The second kappa shape index (κ2) is 4.14. The molecule has 2 aromatic heterocycles. The Balaban J connectivity index is 2.04. The molecule has 5 heteroatoms. The van der Waals surface area contributed by atoms with Gasteiger partial charge in [0.2, 0.25) is 5.76 Å². The summed E-state index contributed by atoms with van der Waals surface area (Å²) in [6, 6.07) is 5.23. The Morgan fingerprint density at radius 1 is 1.44 bits per heavy atom. The van der Waals surface area contributed by atoms with Gasteiger partial charge in [0.15, 0.2) is 5.88 Å². The van der Waals surface area contributed by atoms with Crippen LogP contribution in [-0.4, -0.2) is 11.1 Å². The maximum absolute atomic E-state index is 10.8. The molecule has 0 unspecified atom stereocenters. The molecule has 0 saturated carbocycles. The zero-order chi connectivity index (χ0) is 11.5. The fraction of sp³-hybridized carbons (Fsp3) is 0.182. The summed E-state index contributed by atoms with van der Waals surface area (Å²) in [7, 11) is 0. The van der Waals surface area contributed by atoms with Crippen molar-refractivity contribution in [2.24, 2.45) is 0 Å². The van der Waals surface area contributed by atoms with Crippen LogP contribution >= 0.6 is 0 Å². The second-order valence-electron chi connectivity index (χ2n) is 3.34. The first-order valence-corrected chi connectivity index (χ1v) is 4.77. The molecule has 2 heterocycles. The van der Waals surface area contributed by atoms with Gasteiger partial charge in [-0.05, 0) is 19.1 Å². The highest BCUT2D eigenvalue weighted by Gasteiger charge is 2.13. The van der Waals surface area contributed by atoms with Gasteiger partial charge in [0.05, 0.1) is 6.26 Å². The van der Waals surface area contributed by atoms with Crippen molar-refractivity contribution in [1.82, 2.24) is 0 Å². The lowest BCUT2D eigenvalue weighted by Gasteiger charge is -2.01. The monoisotopic (exact) mass is 221 g/mol. The molecule has 0 spiro atoms. The van der Waals surface area contributed by atoms with Crippen molar-refractivity contribution in [1.29, 1.82) is 0 Å². The van der Waals surface area contributed by atoms with Gasteiger partial charge in [0.1, 0.15) is 5.76 Å². The van der Waals surface area contributed by atoms with Gasteiger partial charge >= 0.3 is 5.97 Å². The molecule has 0 bridgehead atoms. The zero-order valence-corrected chi connectivity index (χ0v) is 8.69. The number of carboxylic acid groups (broad SMARTS) is 1. The molecule has 0 aliphatic heterocycles. The minimum Gasteiger partial charge on any atom is -0.475 e. The number of carboxylic acids is 1. The fourth-order valence-electron chi connectivity index (χ4n) is 1.37. The number of hydrogen-bond donors (Lipinski definition) is 2. The number of aromatic carboxylic acids is 1. The van der Waals surface area contributed by atoms with Crippen molar-refractivity contribution in [3.8, 4) is 0 Å².